The normalized spacial score (nSPS) is 26.3. The van der Waals surface area contributed by atoms with Crippen molar-refractivity contribution in [2.24, 2.45) is 0 Å². The molecule has 0 aliphatic carbocycles. The highest BCUT2D eigenvalue weighted by Crippen LogP contribution is 2.14. The molecule has 1 unspecified atom stereocenters. The van der Waals surface area contributed by atoms with Crippen molar-refractivity contribution in [1.29, 1.82) is 0 Å². The Hall–Kier alpha value is -0.130. The summed E-state index contributed by atoms with van der Waals surface area (Å²) in [6.45, 7) is 2.59. The Morgan fingerprint density at radius 3 is 2.75 bits per heavy atom. The number of ether oxygens (including phenoxy) is 1. The van der Waals surface area contributed by atoms with Crippen molar-refractivity contribution < 1.29 is 13.2 Å². The molecule has 1 aliphatic rings. The van der Waals surface area contributed by atoms with Gasteiger partial charge in [-0.2, -0.15) is 4.31 Å². The highest BCUT2D eigenvalue weighted by molar-refractivity contribution is 7.89. The highest BCUT2D eigenvalue weighted by atomic mass is 32.2. The maximum absolute atomic E-state index is 11.3. The third kappa shape index (κ3) is 1.97. The molecular weight excluding hydrogens is 178 g/mol. The van der Waals surface area contributed by atoms with Crippen molar-refractivity contribution in [2.45, 2.75) is 13.0 Å². The van der Waals surface area contributed by atoms with Gasteiger partial charge in [0.05, 0.1) is 11.9 Å². The molecule has 71 valence electrons. The lowest BCUT2D eigenvalue weighted by atomic mass is 10.3. The topological polar surface area (TPSA) is 46.6 Å². The Kier molecular flexibility index (Phi) is 3.09. The molecule has 1 fully saturated rings. The van der Waals surface area contributed by atoms with E-state index in [9.17, 15) is 8.42 Å². The average Bonchev–Trinajstić information content (AvgIpc) is 2.52. The fourth-order valence-corrected chi connectivity index (χ4v) is 2.22. The Morgan fingerprint density at radius 2 is 2.33 bits per heavy atom. The van der Waals surface area contributed by atoms with Crippen molar-refractivity contribution in [3.05, 3.63) is 6.42 Å². The van der Waals surface area contributed by atoms with Crippen LogP contribution in [0.2, 0.25) is 0 Å². The van der Waals surface area contributed by atoms with E-state index < -0.39 is 10.0 Å². The van der Waals surface area contributed by atoms with Crippen LogP contribution >= 0.6 is 0 Å². The van der Waals surface area contributed by atoms with Gasteiger partial charge in [-0.05, 0) is 6.92 Å². The summed E-state index contributed by atoms with van der Waals surface area (Å²) in [7, 11) is -1.43. The monoisotopic (exact) mass is 192 g/mol. The molecule has 0 aromatic carbocycles. The first-order valence-corrected chi connectivity index (χ1v) is 5.55. The number of hydrogen-bond acceptors (Lipinski definition) is 3. The molecule has 1 rings (SSSR count). The maximum Gasteiger partial charge on any atom is 0.213 e. The van der Waals surface area contributed by atoms with Crippen LogP contribution in [0.15, 0.2) is 0 Å². The fourth-order valence-electron chi connectivity index (χ4n) is 1.17. The lowest BCUT2D eigenvalue weighted by Gasteiger charge is -2.14. The second-order valence-electron chi connectivity index (χ2n) is 2.73. The third-order valence-electron chi connectivity index (χ3n) is 2.02. The molecule has 1 aliphatic heterocycles. The van der Waals surface area contributed by atoms with E-state index in [2.05, 4.69) is 0 Å². The molecule has 1 heterocycles. The van der Waals surface area contributed by atoms with Gasteiger partial charge in [0, 0.05) is 26.6 Å². The van der Waals surface area contributed by atoms with Crippen LogP contribution in [-0.2, 0) is 14.8 Å². The molecule has 1 atom stereocenters. The molecule has 12 heavy (non-hydrogen) atoms. The van der Waals surface area contributed by atoms with Crippen LogP contribution in [0.5, 0.6) is 0 Å². The van der Waals surface area contributed by atoms with Gasteiger partial charge in [-0.25, -0.2) is 8.42 Å². The zero-order valence-corrected chi connectivity index (χ0v) is 8.17. The minimum atomic E-state index is -3.02. The quantitative estimate of drug-likeness (QED) is 0.626. The second-order valence-corrected chi connectivity index (χ2v) is 4.98. The van der Waals surface area contributed by atoms with Crippen molar-refractivity contribution >= 4 is 10.0 Å². The average molecular weight is 192 g/mol. The zero-order chi connectivity index (χ0) is 9.19. The summed E-state index contributed by atoms with van der Waals surface area (Å²) < 4.78 is 29.1. The summed E-state index contributed by atoms with van der Waals surface area (Å²) >= 11 is 0. The Morgan fingerprint density at radius 1 is 1.67 bits per heavy atom. The third-order valence-corrected chi connectivity index (χ3v) is 3.83. The Labute approximate surface area is 73.6 Å². The summed E-state index contributed by atoms with van der Waals surface area (Å²) in [6.07, 6.45) is 1.83. The molecular formula is C7H14NO3S. The number of sulfonamides is 1. The van der Waals surface area contributed by atoms with E-state index in [1.54, 1.807) is 14.0 Å². The van der Waals surface area contributed by atoms with E-state index in [1.807, 2.05) is 6.42 Å². The Balaban J connectivity index is 2.58. The first-order chi connectivity index (χ1) is 5.60. The summed E-state index contributed by atoms with van der Waals surface area (Å²) in [4.78, 5) is 0. The van der Waals surface area contributed by atoms with E-state index in [1.165, 1.54) is 4.31 Å². The molecule has 0 amide bonds. The summed E-state index contributed by atoms with van der Waals surface area (Å²) in [5.74, 6) is 0.164. The zero-order valence-electron chi connectivity index (χ0n) is 7.36. The number of rotatable bonds is 3. The van der Waals surface area contributed by atoms with E-state index >= 15 is 0 Å². The molecule has 0 aromatic rings. The van der Waals surface area contributed by atoms with Gasteiger partial charge in [-0.1, -0.05) is 0 Å². The summed E-state index contributed by atoms with van der Waals surface area (Å²) in [5.41, 5.74) is 0. The minimum absolute atomic E-state index is 0.0358. The van der Waals surface area contributed by atoms with Crippen molar-refractivity contribution in [3.8, 4) is 0 Å². The molecule has 0 spiro atoms. The lowest BCUT2D eigenvalue weighted by molar-refractivity contribution is 0.136. The summed E-state index contributed by atoms with van der Waals surface area (Å²) in [5, 5.41) is 0. The van der Waals surface area contributed by atoms with Gasteiger partial charge >= 0.3 is 0 Å². The van der Waals surface area contributed by atoms with Crippen LogP contribution in [0, 0.1) is 6.42 Å². The molecule has 5 heteroatoms. The van der Waals surface area contributed by atoms with Gasteiger partial charge in [0.2, 0.25) is 10.0 Å². The minimum Gasteiger partial charge on any atom is -0.380 e. The van der Waals surface area contributed by atoms with Gasteiger partial charge in [0.15, 0.2) is 0 Å². The largest absolute Gasteiger partial charge is 0.380 e. The van der Waals surface area contributed by atoms with Gasteiger partial charge in [0.25, 0.3) is 0 Å². The molecule has 1 radical (unpaired) electrons. The van der Waals surface area contributed by atoms with Crippen LogP contribution < -0.4 is 0 Å². The van der Waals surface area contributed by atoms with Crippen LogP contribution in [0.25, 0.3) is 0 Å². The Bertz CT molecular complexity index is 237. The predicted molar refractivity (Wildman–Crippen MR) is 46.1 cm³/mol. The number of hydrogen-bond donors (Lipinski definition) is 0. The molecule has 4 nitrogen and oxygen atoms in total. The molecule has 1 saturated heterocycles. The van der Waals surface area contributed by atoms with Crippen LogP contribution in [0.3, 0.4) is 0 Å². The van der Waals surface area contributed by atoms with Gasteiger partial charge in [0.1, 0.15) is 0 Å². The van der Waals surface area contributed by atoms with Gasteiger partial charge in [-0.3, -0.25) is 0 Å². The van der Waals surface area contributed by atoms with Crippen LogP contribution in [0.4, 0.5) is 0 Å². The van der Waals surface area contributed by atoms with E-state index in [0.717, 1.165) is 0 Å². The van der Waals surface area contributed by atoms with E-state index in [0.29, 0.717) is 13.1 Å². The second kappa shape index (κ2) is 3.72. The van der Waals surface area contributed by atoms with Crippen molar-refractivity contribution in [3.63, 3.8) is 0 Å². The van der Waals surface area contributed by atoms with E-state index in [4.69, 9.17) is 4.74 Å². The van der Waals surface area contributed by atoms with E-state index in [-0.39, 0.29) is 11.9 Å². The first kappa shape index (κ1) is 9.95. The maximum atomic E-state index is 11.3. The van der Waals surface area contributed by atoms with Crippen LogP contribution in [0.1, 0.15) is 6.92 Å². The highest BCUT2D eigenvalue weighted by Gasteiger charge is 2.29. The van der Waals surface area contributed by atoms with Crippen molar-refractivity contribution in [1.82, 2.24) is 4.31 Å². The first-order valence-electron chi connectivity index (χ1n) is 3.94. The lowest BCUT2D eigenvalue weighted by Crippen LogP contribution is -2.31. The smallest absolute Gasteiger partial charge is 0.213 e. The SMILES string of the molecule is CCS(=O)(=O)N1C[CH]C(OC)C1. The molecule has 0 aromatic heterocycles. The van der Waals surface area contributed by atoms with Gasteiger partial charge in [-0.15, -0.1) is 0 Å². The molecule has 0 saturated carbocycles. The predicted octanol–water partition coefficient (Wildman–Crippen LogP) is -0.129. The molecule has 0 N–H and O–H groups in total. The number of methoxy groups -OCH3 is 1. The number of nitrogens with zero attached hydrogens (tertiary/aromatic N) is 1. The molecule has 0 bridgehead atoms. The van der Waals surface area contributed by atoms with Crippen LogP contribution in [-0.4, -0.2) is 44.8 Å². The standard InChI is InChI=1S/C7H14NO3S/c1-3-12(9,10)8-5-4-7(6-8)11-2/h4,7H,3,5-6H2,1-2H3. The fraction of sp³-hybridized carbons (Fsp3) is 0.857. The summed E-state index contributed by atoms with van der Waals surface area (Å²) in [6, 6.07) is 0. The van der Waals surface area contributed by atoms with Crippen molar-refractivity contribution in [2.75, 3.05) is 26.0 Å². The van der Waals surface area contributed by atoms with Gasteiger partial charge < -0.3 is 4.74 Å².